The number of anilines is 1. The zero-order valence-corrected chi connectivity index (χ0v) is 11.9. The SMILES string of the molecule is O=C(Nc1ccc2sccc2c1)c1ccc2[nH]ccc2c1. The molecule has 4 heteroatoms. The first kappa shape index (κ1) is 12.2. The van der Waals surface area contributed by atoms with E-state index in [0.29, 0.717) is 5.56 Å². The average Bonchev–Trinajstić information content (AvgIpc) is 3.14. The molecular weight excluding hydrogens is 280 g/mol. The van der Waals surface area contributed by atoms with Gasteiger partial charge in [-0.2, -0.15) is 0 Å². The van der Waals surface area contributed by atoms with E-state index in [1.807, 2.05) is 48.7 Å². The minimum absolute atomic E-state index is 0.0901. The van der Waals surface area contributed by atoms with Crippen molar-refractivity contribution in [2.75, 3.05) is 5.32 Å². The third-order valence-corrected chi connectivity index (χ3v) is 4.42. The number of benzene rings is 2. The topological polar surface area (TPSA) is 44.9 Å². The monoisotopic (exact) mass is 292 g/mol. The minimum atomic E-state index is -0.0901. The fraction of sp³-hybridized carbons (Fsp3) is 0. The number of aromatic amines is 1. The molecule has 21 heavy (non-hydrogen) atoms. The highest BCUT2D eigenvalue weighted by atomic mass is 32.1. The Morgan fingerprint density at radius 2 is 1.95 bits per heavy atom. The van der Waals surface area contributed by atoms with Gasteiger partial charge in [0.05, 0.1) is 0 Å². The molecule has 0 saturated carbocycles. The van der Waals surface area contributed by atoms with Crippen LogP contribution in [0.1, 0.15) is 10.4 Å². The largest absolute Gasteiger partial charge is 0.361 e. The van der Waals surface area contributed by atoms with E-state index < -0.39 is 0 Å². The summed E-state index contributed by atoms with van der Waals surface area (Å²) in [5, 5.41) is 7.19. The molecule has 0 unspecified atom stereocenters. The molecular formula is C17H12N2OS. The van der Waals surface area contributed by atoms with Crippen molar-refractivity contribution in [1.29, 1.82) is 0 Å². The lowest BCUT2D eigenvalue weighted by Gasteiger charge is -2.05. The molecule has 0 aliphatic carbocycles. The highest BCUT2D eigenvalue weighted by molar-refractivity contribution is 7.17. The number of aromatic nitrogens is 1. The molecule has 0 bridgehead atoms. The van der Waals surface area contributed by atoms with Gasteiger partial charge in [-0.25, -0.2) is 0 Å². The smallest absolute Gasteiger partial charge is 0.255 e. The van der Waals surface area contributed by atoms with E-state index in [-0.39, 0.29) is 5.91 Å². The van der Waals surface area contributed by atoms with Gasteiger partial charge in [0.25, 0.3) is 5.91 Å². The Morgan fingerprint density at radius 1 is 1.00 bits per heavy atom. The Bertz CT molecular complexity index is 951. The number of hydrogen-bond acceptors (Lipinski definition) is 2. The van der Waals surface area contributed by atoms with Gasteiger partial charge in [0, 0.05) is 33.1 Å². The van der Waals surface area contributed by atoms with E-state index in [0.717, 1.165) is 22.0 Å². The molecule has 2 aromatic carbocycles. The Balaban J connectivity index is 1.64. The van der Waals surface area contributed by atoms with Crippen molar-refractivity contribution in [2.45, 2.75) is 0 Å². The Morgan fingerprint density at radius 3 is 2.90 bits per heavy atom. The van der Waals surface area contributed by atoms with E-state index in [1.165, 1.54) is 4.70 Å². The lowest BCUT2D eigenvalue weighted by molar-refractivity contribution is 0.102. The second-order valence-corrected chi connectivity index (χ2v) is 5.85. The number of nitrogens with one attached hydrogen (secondary N) is 2. The quantitative estimate of drug-likeness (QED) is 0.555. The summed E-state index contributed by atoms with van der Waals surface area (Å²) in [7, 11) is 0. The Kier molecular flexibility index (Phi) is 2.75. The minimum Gasteiger partial charge on any atom is -0.361 e. The summed E-state index contributed by atoms with van der Waals surface area (Å²) in [4.78, 5) is 15.5. The van der Waals surface area contributed by atoms with Crippen molar-refractivity contribution in [3.63, 3.8) is 0 Å². The predicted molar refractivity (Wildman–Crippen MR) is 88.1 cm³/mol. The molecule has 4 rings (SSSR count). The maximum Gasteiger partial charge on any atom is 0.255 e. The fourth-order valence-corrected chi connectivity index (χ4v) is 3.21. The van der Waals surface area contributed by atoms with Crippen LogP contribution >= 0.6 is 11.3 Å². The number of thiophene rings is 1. The van der Waals surface area contributed by atoms with Gasteiger partial charge in [0.2, 0.25) is 0 Å². The van der Waals surface area contributed by atoms with Crippen molar-refractivity contribution in [1.82, 2.24) is 4.98 Å². The number of amides is 1. The molecule has 0 fully saturated rings. The zero-order chi connectivity index (χ0) is 14.2. The first-order valence-electron chi connectivity index (χ1n) is 6.65. The van der Waals surface area contributed by atoms with Gasteiger partial charge < -0.3 is 10.3 Å². The van der Waals surface area contributed by atoms with Crippen molar-refractivity contribution < 1.29 is 4.79 Å². The second kappa shape index (κ2) is 4.75. The molecule has 0 atom stereocenters. The molecule has 1 amide bonds. The molecule has 0 saturated heterocycles. The Labute approximate surface area is 125 Å². The van der Waals surface area contributed by atoms with Crippen molar-refractivity contribution in [3.8, 4) is 0 Å². The highest BCUT2D eigenvalue weighted by Gasteiger charge is 2.08. The molecule has 0 aliphatic rings. The predicted octanol–water partition coefficient (Wildman–Crippen LogP) is 4.63. The van der Waals surface area contributed by atoms with E-state index in [9.17, 15) is 4.79 Å². The summed E-state index contributed by atoms with van der Waals surface area (Å²) < 4.78 is 1.22. The summed E-state index contributed by atoms with van der Waals surface area (Å²) in [5.74, 6) is -0.0901. The normalized spacial score (nSPS) is 11.0. The first-order valence-corrected chi connectivity index (χ1v) is 7.53. The number of hydrogen-bond donors (Lipinski definition) is 2. The maximum absolute atomic E-state index is 12.3. The summed E-state index contributed by atoms with van der Waals surface area (Å²) in [6.45, 7) is 0. The molecule has 2 N–H and O–H groups in total. The van der Waals surface area contributed by atoms with Crippen LogP contribution in [0.25, 0.3) is 21.0 Å². The van der Waals surface area contributed by atoms with Crippen LogP contribution in [-0.4, -0.2) is 10.9 Å². The zero-order valence-electron chi connectivity index (χ0n) is 11.1. The third-order valence-electron chi connectivity index (χ3n) is 3.53. The van der Waals surface area contributed by atoms with E-state index in [4.69, 9.17) is 0 Å². The van der Waals surface area contributed by atoms with Crippen LogP contribution in [0.5, 0.6) is 0 Å². The lowest BCUT2D eigenvalue weighted by Crippen LogP contribution is -2.11. The van der Waals surface area contributed by atoms with Crippen molar-refractivity contribution in [2.24, 2.45) is 0 Å². The highest BCUT2D eigenvalue weighted by Crippen LogP contribution is 2.24. The van der Waals surface area contributed by atoms with Gasteiger partial charge in [-0.1, -0.05) is 0 Å². The number of carbonyl (C=O) groups is 1. The number of carbonyl (C=O) groups excluding carboxylic acids is 1. The molecule has 0 spiro atoms. The third kappa shape index (κ3) is 2.19. The van der Waals surface area contributed by atoms with Crippen LogP contribution in [0.4, 0.5) is 5.69 Å². The van der Waals surface area contributed by atoms with Gasteiger partial charge in [0.1, 0.15) is 0 Å². The number of H-pyrrole nitrogens is 1. The van der Waals surface area contributed by atoms with Crippen LogP contribution in [0, 0.1) is 0 Å². The molecule has 2 aromatic heterocycles. The summed E-state index contributed by atoms with van der Waals surface area (Å²) in [5.41, 5.74) is 2.51. The molecule has 4 aromatic rings. The van der Waals surface area contributed by atoms with Crippen LogP contribution in [0.3, 0.4) is 0 Å². The van der Waals surface area contributed by atoms with Gasteiger partial charge in [0.15, 0.2) is 0 Å². The van der Waals surface area contributed by atoms with Gasteiger partial charge in [-0.05, 0) is 59.3 Å². The van der Waals surface area contributed by atoms with Crippen LogP contribution in [0.15, 0.2) is 60.1 Å². The fourth-order valence-electron chi connectivity index (χ4n) is 2.44. The lowest BCUT2D eigenvalue weighted by atomic mass is 10.1. The average molecular weight is 292 g/mol. The van der Waals surface area contributed by atoms with Crippen molar-refractivity contribution in [3.05, 3.63) is 65.7 Å². The van der Waals surface area contributed by atoms with Crippen LogP contribution in [-0.2, 0) is 0 Å². The summed E-state index contributed by atoms with van der Waals surface area (Å²) in [6.07, 6.45) is 1.87. The van der Waals surface area contributed by atoms with Gasteiger partial charge >= 0.3 is 0 Å². The first-order chi connectivity index (χ1) is 10.3. The van der Waals surface area contributed by atoms with Crippen LogP contribution in [0.2, 0.25) is 0 Å². The standard InChI is InChI=1S/C17H12N2OS/c20-17(13-1-3-15-11(9-13)5-7-18-15)19-14-2-4-16-12(10-14)6-8-21-16/h1-10,18H,(H,19,20). The number of fused-ring (bicyclic) bond motifs is 2. The molecule has 2 heterocycles. The molecule has 0 radical (unpaired) electrons. The van der Waals surface area contributed by atoms with E-state index >= 15 is 0 Å². The van der Waals surface area contributed by atoms with E-state index in [2.05, 4.69) is 21.7 Å². The Hall–Kier alpha value is -2.59. The second-order valence-electron chi connectivity index (χ2n) is 4.91. The van der Waals surface area contributed by atoms with Gasteiger partial charge in [-0.15, -0.1) is 11.3 Å². The van der Waals surface area contributed by atoms with Crippen LogP contribution < -0.4 is 5.32 Å². The molecule has 0 aliphatic heterocycles. The van der Waals surface area contributed by atoms with E-state index in [1.54, 1.807) is 11.3 Å². The maximum atomic E-state index is 12.3. The molecule has 102 valence electrons. The molecule has 3 nitrogen and oxygen atoms in total. The van der Waals surface area contributed by atoms with Gasteiger partial charge in [-0.3, -0.25) is 4.79 Å². The summed E-state index contributed by atoms with van der Waals surface area (Å²) >= 11 is 1.70. The van der Waals surface area contributed by atoms with Crippen molar-refractivity contribution >= 4 is 43.9 Å². The number of rotatable bonds is 2. The summed E-state index contributed by atoms with van der Waals surface area (Å²) in [6, 6.07) is 15.6.